The third-order valence-corrected chi connectivity index (χ3v) is 5.43. The Morgan fingerprint density at radius 3 is 2.47 bits per heavy atom. The number of furan rings is 1. The van der Waals surface area contributed by atoms with Crippen LogP contribution in [0.5, 0.6) is 0 Å². The third kappa shape index (κ3) is 4.04. The number of hydrogen-bond acceptors (Lipinski definition) is 5. The largest absolute Gasteiger partial charge is 0.478 e. The van der Waals surface area contributed by atoms with E-state index in [1.54, 1.807) is 49.5 Å². The van der Waals surface area contributed by atoms with Crippen molar-refractivity contribution in [2.24, 2.45) is 4.99 Å². The molecule has 30 heavy (non-hydrogen) atoms. The van der Waals surface area contributed by atoms with Gasteiger partial charge in [-0.1, -0.05) is 0 Å². The second kappa shape index (κ2) is 8.00. The lowest BCUT2D eigenvalue weighted by atomic mass is 10.2. The Kier molecular flexibility index (Phi) is 5.24. The molecule has 0 unspecified atom stereocenters. The fourth-order valence-electron chi connectivity index (χ4n) is 2.77. The Morgan fingerprint density at radius 1 is 1.10 bits per heavy atom. The number of carbonyl (C=O) groups is 2. The molecule has 1 fully saturated rings. The molecule has 4 rings (SSSR count). The van der Waals surface area contributed by atoms with E-state index >= 15 is 0 Å². The molecular formula is C22H15FN2O4S. The van der Waals surface area contributed by atoms with Crippen LogP contribution in [0.15, 0.2) is 75.0 Å². The monoisotopic (exact) mass is 422 g/mol. The van der Waals surface area contributed by atoms with Crippen molar-refractivity contribution in [1.82, 2.24) is 4.90 Å². The Balaban J connectivity index is 1.55. The number of benzene rings is 2. The molecule has 2 heterocycles. The lowest BCUT2D eigenvalue weighted by molar-refractivity contribution is -0.121. The molecular weight excluding hydrogens is 407 g/mol. The lowest BCUT2D eigenvalue weighted by Gasteiger charge is -2.07. The third-order valence-electron chi connectivity index (χ3n) is 4.37. The molecule has 6 nitrogen and oxygen atoms in total. The number of aromatic carboxylic acids is 1. The Labute approximate surface area is 175 Å². The summed E-state index contributed by atoms with van der Waals surface area (Å²) >= 11 is 1.20. The van der Waals surface area contributed by atoms with E-state index in [9.17, 15) is 14.0 Å². The van der Waals surface area contributed by atoms with Crippen LogP contribution < -0.4 is 0 Å². The van der Waals surface area contributed by atoms with Gasteiger partial charge in [0.05, 0.1) is 16.2 Å². The zero-order valence-corrected chi connectivity index (χ0v) is 16.5. The van der Waals surface area contributed by atoms with E-state index < -0.39 is 5.97 Å². The van der Waals surface area contributed by atoms with E-state index in [0.29, 0.717) is 27.3 Å². The Morgan fingerprint density at radius 2 is 1.80 bits per heavy atom. The first-order valence-electron chi connectivity index (χ1n) is 8.86. The van der Waals surface area contributed by atoms with E-state index in [1.165, 1.54) is 40.9 Å². The minimum atomic E-state index is -1.01. The predicted molar refractivity (Wildman–Crippen MR) is 113 cm³/mol. The van der Waals surface area contributed by atoms with Crippen molar-refractivity contribution >= 4 is 40.6 Å². The van der Waals surface area contributed by atoms with Crippen molar-refractivity contribution in [3.8, 4) is 11.3 Å². The highest BCUT2D eigenvalue weighted by Crippen LogP contribution is 2.34. The van der Waals surface area contributed by atoms with Gasteiger partial charge in [-0.2, -0.15) is 0 Å². The first kappa shape index (κ1) is 19.7. The molecule has 0 atom stereocenters. The zero-order valence-electron chi connectivity index (χ0n) is 15.7. The summed E-state index contributed by atoms with van der Waals surface area (Å²) in [7, 11) is 1.62. The topological polar surface area (TPSA) is 83.1 Å². The summed E-state index contributed by atoms with van der Waals surface area (Å²) in [5.41, 5.74) is 1.44. The quantitative estimate of drug-likeness (QED) is 0.597. The smallest absolute Gasteiger partial charge is 0.335 e. The molecule has 0 radical (unpaired) electrons. The van der Waals surface area contributed by atoms with Crippen molar-refractivity contribution in [2.75, 3.05) is 7.05 Å². The van der Waals surface area contributed by atoms with Crippen molar-refractivity contribution in [1.29, 1.82) is 0 Å². The average molecular weight is 422 g/mol. The van der Waals surface area contributed by atoms with Gasteiger partial charge >= 0.3 is 5.97 Å². The number of likely N-dealkylation sites (N-methyl/N-ethyl adjacent to an activating group) is 1. The van der Waals surface area contributed by atoms with Crippen molar-refractivity contribution in [3.05, 3.63) is 82.7 Å². The summed E-state index contributed by atoms with van der Waals surface area (Å²) in [5.74, 6) is -0.502. The van der Waals surface area contributed by atoms with Crippen LogP contribution in [0.4, 0.5) is 10.1 Å². The first-order chi connectivity index (χ1) is 14.4. The lowest BCUT2D eigenvalue weighted by Crippen LogP contribution is -2.23. The Hall–Kier alpha value is -3.65. The van der Waals surface area contributed by atoms with Gasteiger partial charge in [0.1, 0.15) is 17.3 Å². The average Bonchev–Trinajstić information content (AvgIpc) is 3.30. The maximum atomic E-state index is 13.1. The summed E-state index contributed by atoms with van der Waals surface area (Å²) in [6.45, 7) is 0. The summed E-state index contributed by atoms with van der Waals surface area (Å²) in [6, 6.07) is 15.5. The number of carboxylic acid groups (broad SMARTS) is 1. The van der Waals surface area contributed by atoms with Crippen LogP contribution in [0, 0.1) is 5.82 Å². The number of nitrogens with zero attached hydrogens (tertiary/aromatic N) is 2. The van der Waals surface area contributed by atoms with Crippen LogP contribution in [0.1, 0.15) is 16.1 Å². The van der Waals surface area contributed by atoms with Gasteiger partial charge < -0.3 is 9.52 Å². The van der Waals surface area contributed by atoms with Crippen molar-refractivity contribution < 1.29 is 23.5 Å². The molecule has 0 spiro atoms. The van der Waals surface area contributed by atoms with Crippen LogP contribution in [0.3, 0.4) is 0 Å². The second-order valence-corrected chi connectivity index (χ2v) is 7.44. The van der Waals surface area contributed by atoms with Gasteiger partial charge in [0, 0.05) is 18.7 Å². The summed E-state index contributed by atoms with van der Waals surface area (Å²) in [4.78, 5) is 29.8. The highest BCUT2D eigenvalue weighted by molar-refractivity contribution is 8.18. The molecule has 1 aliphatic heterocycles. The first-order valence-corrected chi connectivity index (χ1v) is 9.68. The minimum Gasteiger partial charge on any atom is -0.478 e. The normalized spacial score (nSPS) is 16.6. The van der Waals surface area contributed by atoms with Gasteiger partial charge in [-0.3, -0.25) is 9.69 Å². The number of thioether (sulfide) groups is 1. The number of amides is 1. The number of carboxylic acids is 1. The van der Waals surface area contributed by atoms with Gasteiger partial charge in [-0.05, 0) is 72.4 Å². The molecule has 0 bridgehead atoms. The van der Waals surface area contributed by atoms with Gasteiger partial charge in [-0.15, -0.1) is 0 Å². The van der Waals surface area contributed by atoms with E-state index in [4.69, 9.17) is 9.52 Å². The fraction of sp³-hybridized carbons (Fsp3) is 0.0455. The number of rotatable bonds is 4. The van der Waals surface area contributed by atoms with Crippen LogP contribution >= 0.6 is 11.8 Å². The number of hydrogen-bond donors (Lipinski definition) is 1. The molecule has 1 aromatic heterocycles. The molecule has 1 amide bonds. The van der Waals surface area contributed by atoms with Gasteiger partial charge in [-0.25, -0.2) is 14.2 Å². The summed E-state index contributed by atoms with van der Waals surface area (Å²) in [6.07, 6.45) is 1.63. The summed E-state index contributed by atoms with van der Waals surface area (Å²) in [5, 5.41) is 9.44. The highest BCUT2D eigenvalue weighted by atomic mass is 32.2. The van der Waals surface area contributed by atoms with E-state index in [0.717, 1.165) is 5.56 Å². The number of amidine groups is 1. The maximum absolute atomic E-state index is 13.1. The van der Waals surface area contributed by atoms with Crippen LogP contribution in [0.2, 0.25) is 0 Å². The Bertz CT molecular complexity index is 1180. The van der Waals surface area contributed by atoms with Crippen LogP contribution in [-0.2, 0) is 4.79 Å². The van der Waals surface area contributed by atoms with Gasteiger partial charge in [0.15, 0.2) is 5.17 Å². The standard InChI is InChI=1S/C22H15FN2O4S/c1-25-20(26)19(30-22(25)24-16-8-4-14(5-9-16)21(27)28)12-17-10-11-18(29-17)13-2-6-15(23)7-3-13/h2-12H,1H3,(H,27,28)/b19-12-,24-22?. The minimum absolute atomic E-state index is 0.165. The SMILES string of the molecule is CN1C(=O)/C(=C/c2ccc(-c3ccc(F)cc3)o2)SC1=Nc1ccc(C(=O)O)cc1. The number of aliphatic imine (C=N–C) groups is 1. The molecule has 1 N–H and O–H groups in total. The summed E-state index contributed by atoms with van der Waals surface area (Å²) < 4.78 is 18.8. The number of carbonyl (C=O) groups excluding carboxylic acids is 1. The van der Waals surface area contributed by atoms with E-state index in [1.807, 2.05) is 0 Å². The van der Waals surface area contributed by atoms with Gasteiger partial charge in [0.2, 0.25) is 0 Å². The molecule has 8 heteroatoms. The predicted octanol–water partition coefficient (Wildman–Crippen LogP) is 5.02. The molecule has 150 valence electrons. The van der Waals surface area contributed by atoms with Crippen molar-refractivity contribution in [3.63, 3.8) is 0 Å². The molecule has 1 saturated heterocycles. The van der Waals surface area contributed by atoms with Gasteiger partial charge in [0.25, 0.3) is 5.91 Å². The molecule has 2 aromatic carbocycles. The highest BCUT2D eigenvalue weighted by Gasteiger charge is 2.30. The van der Waals surface area contributed by atoms with E-state index in [2.05, 4.69) is 4.99 Å². The molecule has 3 aromatic rings. The molecule has 0 aliphatic carbocycles. The van der Waals surface area contributed by atoms with Crippen LogP contribution in [0.25, 0.3) is 17.4 Å². The fourth-order valence-corrected chi connectivity index (χ4v) is 3.74. The second-order valence-electron chi connectivity index (χ2n) is 6.43. The van der Waals surface area contributed by atoms with E-state index in [-0.39, 0.29) is 17.3 Å². The van der Waals surface area contributed by atoms with Crippen molar-refractivity contribution in [2.45, 2.75) is 0 Å². The van der Waals surface area contributed by atoms with Crippen LogP contribution in [-0.4, -0.2) is 34.1 Å². The molecule has 1 aliphatic rings. The maximum Gasteiger partial charge on any atom is 0.335 e. The molecule has 0 saturated carbocycles. The zero-order chi connectivity index (χ0) is 21.3. The number of halogens is 1.